The number of hydrogen-bond donors (Lipinski definition) is 1. The maximum atomic E-state index is 13.2. The molecule has 0 saturated carbocycles. The van der Waals surface area contributed by atoms with Crippen molar-refractivity contribution in [2.45, 2.75) is 30.4 Å². The highest BCUT2D eigenvalue weighted by atomic mass is 32.2. The number of hydrogen-bond acceptors (Lipinski definition) is 5. The van der Waals surface area contributed by atoms with Gasteiger partial charge in [-0.25, -0.2) is 8.42 Å². The standard InChI is InChI=1S/C16H17F3N2O3S2/c17-16(18,19)13-7-12(2-1-10(13)8-20)21-9-11-3-5-24-14(4-6-25)15(11)26(21,22)23/h1-2,7,11,14-15,25H,3-6,9H2/t11-,14+,15+/m0/s1. The molecule has 3 atom stereocenters. The third-order valence-electron chi connectivity index (χ3n) is 4.83. The van der Waals surface area contributed by atoms with E-state index < -0.39 is 38.7 Å². The van der Waals surface area contributed by atoms with Gasteiger partial charge in [0.2, 0.25) is 10.0 Å². The molecule has 0 radical (unpaired) electrons. The van der Waals surface area contributed by atoms with Crippen molar-refractivity contribution < 1.29 is 26.3 Å². The van der Waals surface area contributed by atoms with Gasteiger partial charge in [-0.3, -0.25) is 4.31 Å². The number of benzene rings is 1. The molecule has 0 spiro atoms. The molecule has 0 aromatic heterocycles. The van der Waals surface area contributed by atoms with Crippen LogP contribution in [0.1, 0.15) is 24.0 Å². The van der Waals surface area contributed by atoms with E-state index in [2.05, 4.69) is 12.6 Å². The highest BCUT2D eigenvalue weighted by Crippen LogP contribution is 2.42. The van der Waals surface area contributed by atoms with E-state index in [-0.39, 0.29) is 18.2 Å². The molecule has 2 heterocycles. The zero-order chi connectivity index (χ0) is 19.1. The summed E-state index contributed by atoms with van der Waals surface area (Å²) in [5, 5.41) is 8.11. The quantitative estimate of drug-likeness (QED) is 0.784. The molecule has 142 valence electrons. The second kappa shape index (κ2) is 6.94. The molecule has 0 aliphatic carbocycles. The molecule has 0 amide bonds. The Bertz CT molecular complexity index is 834. The maximum absolute atomic E-state index is 13.2. The van der Waals surface area contributed by atoms with Crippen LogP contribution in [0.25, 0.3) is 0 Å². The van der Waals surface area contributed by atoms with Crippen LogP contribution >= 0.6 is 12.6 Å². The van der Waals surface area contributed by atoms with Gasteiger partial charge in [-0.05, 0) is 36.8 Å². The van der Waals surface area contributed by atoms with Crippen LogP contribution in [0.3, 0.4) is 0 Å². The zero-order valence-corrected chi connectivity index (χ0v) is 15.3. The van der Waals surface area contributed by atoms with Crippen LogP contribution in [0.5, 0.6) is 0 Å². The molecule has 2 aliphatic heterocycles. The van der Waals surface area contributed by atoms with Crippen molar-refractivity contribution in [3.8, 4) is 6.07 Å². The van der Waals surface area contributed by atoms with Crippen molar-refractivity contribution in [1.82, 2.24) is 0 Å². The predicted molar refractivity (Wildman–Crippen MR) is 92.5 cm³/mol. The fourth-order valence-electron chi connectivity index (χ4n) is 3.67. The van der Waals surface area contributed by atoms with E-state index >= 15 is 0 Å². The smallest absolute Gasteiger partial charge is 0.377 e. The van der Waals surface area contributed by atoms with Gasteiger partial charge in [0.05, 0.1) is 29.0 Å². The first kappa shape index (κ1) is 19.3. The number of fused-ring (bicyclic) bond motifs is 1. The van der Waals surface area contributed by atoms with Crippen molar-refractivity contribution in [2.24, 2.45) is 5.92 Å². The summed E-state index contributed by atoms with van der Waals surface area (Å²) in [5.74, 6) is 0.252. The van der Waals surface area contributed by atoms with Crippen LogP contribution in [0.4, 0.5) is 18.9 Å². The molecule has 1 aromatic rings. The van der Waals surface area contributed by atoms with Crippen LogP contribution in [0.15, 0.2) is 18.2 Å². The lowest BCUT2D eigenvalue weighted by molar-refractivity contribution is -0.137. The number of nitrogens with zero attached hydrogens (tertiary/aromatic N) is 2. The second-order valence-corrected chi connectivity index (χ2v) is 8.81. The van der Waals surface area contributed by atoms with Gasteiger partial charge in [0.1, 0.15) is 5.25 Å². The topological polar surface area (TPSA) is 70.4 Å². The summed E-state index contributed by atoms with van der Waals surface area (Å²) in [6.45, 7) is 0.534. The monoisotopic (exact) mass is 406 g/mol. The second-order valence-electron chi connectivity index (χ2n) is 6.35. The van der Waals surface area contributed by atoms with E-state index in [0.29, 0.717) is 25.2 Å². The highest BCUT2D eigenvalue weighted by molar-refractivity contribution is 7.93. The number of rotatable bonds is 3. The highest BCUT2D eigenvalue weighted by Gasteiger charge is 2.52. The van der Waals surface area contributed by atoms with Crippen molar-refractivity contribution in [1.29, 1.82) is 5.26 Å². The van der Waals surface area contributed by atoms with Gasteiger partial charge in [0, 0.05) is 19.1 Å². The summed E-state index contributed by atoms with van der Waals surface area (Å²) in [6.07, 6.45) is -4.26. The number of ether oxygens (including phenoxy) is 1. The molecule has 3 rings (SSSR count). The minimum absolute atomic E-state index is 0.0738. The first-order valence-electron chi connectivity index (χ1n) is 8.05. The first-order chi connectivity index (χ1) is 12.2. The number of anilines is 1. The molecule has 2 saturated heterocycles. The van der Waals surface area contributed by atoms with Gasteiger partial charge in [-0.2, -0.15) is 31.1 Å². The molecular formula is C16H17F3N2O3S2. The minimum Gasteiger partial charge on any atom is -0.377 e. The summed E-state index contributed by atoms with van der Waals surface area (Å²) >= 11 is 4.13. The number of halogens is 3. The average molecular weight is 406 g/mol. The zero-order valence-electron chi connectivity index (χ0n) is 13.6. The Labute approximate surface area is 155 Å². The van der Waals surface area contributed by atoms with Gasteiger partial charge in [-0.15, -0.1) is 0 Å². The van der Waals surface area contributed by atoms with E-state index in [1.54, 1.807) is 0 Å². The lowest BCUT2D eigenvalue weighted by Gasteiger charge is -2.31. The summed E-state index contributed by atoms with van der Waals surface area (Å²) in [4.78, 5) is 0. The molecule has 26 heavy (non-hydrogen) atoms. The maximum Gasteiger partial charge on any atom is 0.417 e. The van der Waals surface area contributed by atoms with Crippen molar-refractivity contribution in [3.63, 3.8) is 0 Å². The Morgan fingerprint density at radius 3 is 2.73 bits per heavy atom. The van der Waals surface area contributed by atoms with Gasteiger partial charge in [0.15, 0.2) is 0 Å². The summed E-state index contributed by atoms with van der Waals surface area (Å²) in [7, 11) is -3.87. The lowest BCUT2D eigenvalue weighted by atomic mass is 9.93. The first-order valence-corrected chi connectivity index (χ1v) is 10.2. The Morgan fingerprint density at radius 1 is 1.38 bits per heavy atom. The molecule has 2 aliphatic rings. The molecule has 10 heteroatoms. The third kappa shape index (κ3) is 3.28. The molecular weight excluding hydrogens is 389 g/mol. The van der Waals surface area contributed by atoms with Crippen LogP contribution in [0.2, 0.25) is 0 Å². The number of sulfonamides is 1. The molecule has 0 unspecified atom stereocenters. The van der Waals surface area contributed by atoms with Crippen LogP contribution in [-0.2, 0) is 20.9 Å². The lowest BCUT2D eigenvalue weighted by Crippen LogP contribution is -2.43. The molecule has 0 bridgehead atoms. The Morgan fingerprint density at radius 2 is 2.12 bits per heavy atom. The van der Waals surface area contributed by atoms with Crippen molar-refractivity contribution in [2.75, 3.05) is 23.2 Å². The molecule has 1 aromatic carbocycles. The Kier molecular flexibility index (Phi) is 5.16. The fraction of sp³-hybridized carbons (Fsp3) is 0.562. The summed E-state index contributed by atoms with van der Waals surface area (Å²) in [6, 6.07) is 4.49. The average Bonchev–Trinajstić information content (AvgIpc) is 2.86. The number of alkyl halides is 3. The van der Waals surface area contributed by atoms with Gasteiger partial charge < -0.3 is 4.74 Å². The van der Waals surface area contributed by atoms with E-state index in [1.807, 2.05) is 0 Å². The van der Waals surface area contributed by atoms with Gasteiger partial charge in [-0.1, -0.05) is 0 Å². The molecule has 2 fully saturated rings. The fourth-order valence-corrected chi connectivity index (χ4v) is 6.34. The third-order valence-corrected chi connectivity index (χ3v) is 7.44. The van der Waals surface area contributed by atoms with Gasteiger partial charge >= 0.3 is 6.18 Å². The van der Waals surface area contributed by atoms with E-state index in [4.69, 9.17) is 10.00 Å². The predicted octanol–water partition coefficient (Wildman–Crippen LogP) is 2.82. The van der Waals surface area contributed by atoms with Crippen LogP contribution in [0, 0.1) is 17.2 Å². The minimum atomic E-state index is -4.74. The van der Waals surface area contributed by atoms with Crippen LogP contribution < -0.4 is 4.31 Å². The van der Waals surface area contributed by atoms with E-state index in [9.17, 15) is 21.6 Å². The normalized spacial score (nSPS) is 27.8. The van der Waals surface area contributed by atoms with Crippen molar-refractivity contribution >= 4 is 28.3 Å². The number of thiol groups is 1. The largest absolute Gasteiger partial charge is 0.417 e. The Hall–Kier alpha value is -1.44. The SMILES string of the molecule is N#Cc1ccc(N2C[C@@H]3CCO[C@H](CCS)[C@@H]3S2(=O)=O)cc1C(F)(F)F. The molecule has 5 nitrogen and oxygen atoms in total. The van der Waals surface area contributed by atoms with E-state index in [0.717, 1.165) is 16.4 Å². The van der Waals surface area contributed by atoms with Crippen molar-refractivity contribution in [3.05, 3.63) is 29.3 Å². The summed E-state index contributed by atoms with van der Waals surface area (Å²) < 4.78 is 72.2. The number of nitriles is 1. The van der Waals surface area contributed by atoms with E-state index in [1.165, 1.54) is 12.1 Å². The Balaban J connectivity index is 2.02. The van der Waals surface area contributed by atoms with Crippen LogP contribution in [-0.4, -0.2) is 38.7 Å². The summed E-state index contributed by atoms with van der Waals surface area (Å²) in [5.41, 5.74) is -1.74. The van der Waals surface area contributed by atoms with Gasteiger partial charge in [0.25, 0.3) is 0 Å². The molecule has 0 N–H and O–H groups in total.